The number of imide groups is 1. The number of amides is 2. The summed E-state index contributed by atoms with van der Waals surface area (Å²) in [5, 5.41) is 3.90. The van der Waals surface area contributed by atoms with Gasteiger partial charge in [-0.05, 0) is 48.6 Å². The van der Waals surface area contributed by atoms with E-state index in [4.69, 9.17) is 4.74 Å². The SMILES string of the molecule is Cc1ccc(C(=O)OCC(=O)NC(=O)c2cccs2)cc1C. The zero-order chi connectivity index (χ0) is 16.1. The molecule has 22 heavy (non-hydrogen) atoms. The molecule has 2 aromatic rings. The highest BCUT2D eigenvalue weighted by Crippen LogP contribution is 2.11. The molecule has 0 radical (unpaired) electrons. The van der Waals surface area contributed by atoms with E-state index in [1.807, 2.05) is 19.9 Å². The first kappa shape index (κ1) is 15.9. The van der Waals surface area contributed by atoms with Crippen LogP contribution in [0.3, 0.4) is 0 Å². The first-order valence-electron chi connectivity index (χ1n) is 6.59. The van der Waals surface area contributed by atoms with E-state index in [-0.39, 0.29) is 0 Å². The predicted octanol–water partition coefficient (Wildman–Crippen LogP) is 2.48. The smallest absolute Gasteiger partial charge is 0.338 e. The van der Waals surface area contributed by atoms with E-state index in [0.717, 1.165) is 11.1 Å². The zero-order valence-electron chi connectivity index (χ0n) is 12.2. The largest absolute Gasteiger partial charge is 0.452 e. The minimum atomic E-state index is -0.657. The van der Waals surface area contributed by atoms with Crippen molar-refractivity contribution < 1.29 is 19.1 Å². The molecule has 0 aliphatic heterocycles. The van der Waals surface area contributed by atoms with E-state index >= 15 is 0 Å². The average molecular weight is 317 g/mol. The fourth-order valence-corrected chi connectivity index (χ4v) is 2.33. The number of nitrogens with one attached hydrogen (secondary N) is 1. The second-order valence-corrected chi connectivity index (χ2v) is 5.68. The number of rotatable bonds is 4. The number of carbonyl (C=O) groups excluding carboxylic acids is 3. The van der Waals surface area contributed by atoms with Crippen molar-refractivity contribution in [3.63, 3.8) is 0 Å². The molecule has 5 nitrogen and oxygen atoms in total. The molecular weight excluding hydrogens is 302 g/mol. The Kier molecular flexibility index (Phi) is 5.06. The first-order chi connectivity index (χ1) is 10.5. The summed E-state index contributed by atoms with van der Waals surface area (Å²) < 4.78 is 4.90. The standard InChI is InChI=1S/C16H15NO4S/c1-10-5-6-12(8-11(10)2)16(20)21-9-14(18)17-15(19)13-4-3-7-22-13/h3-8H,9H2,1-2H3,(H,17,18,19). The third kappa shape index (κ3) is 4.02. The molecule has 1 aromatic carbocycles. The number of ether oxygens (including phenoxy) is 1. The number of hydrogen-bond donors (Lipinski definition) is 1. The van der Waals surface area contributed by atoms with Gasteiger partial charge in [-0.25, -0.2) is 4.79 Å². The van der Waals surface area contributed by atoms with Crippen molar-refractivity contribution in [1.82, 2.24) is 5.32 Å². The average Bonchev–Trinajstić information content (AvgIpc) is 3.02. The summed E-state index contributed by atoms with van der Waals surface area (Å²) in [4.78, 5) is 35.5. The van der Waals surface area contributed by atoms with Crippen molar-refractivity contribution in [2.75, 3.05) is 6.61 Å². The van der Waals surface area contributed by atoms with Crippen molar-refractivity contribution in [2.45, 2.75) is 13.8 Å². The van der Waals surface area contributed by atoms with Crippen molar-refractivity contribution >= 4 is 29.1 Å². The fraction of sp³-hybridized carbons (Fsp3) is 0.188. The molecule has 0 unspecified atom stereocenters. The minimum absolute atomic E-state index is 0.375. The van der Waals surface area contributed by atoms with Crippen LogP contribution in [0.4, 0.5) is 0 Å². The van der Waals surface area contributed by atoms with Gasteiger partial charge in [0.1, 0.15) is 0 Å². The highest BCUT2D eigenvalue weighted by molar-refractivity contribution is 7.12. The molecule has 114 valence electrons. The summed E-state index contributed by atoms with van der Waals surface area (Å²) in [6, 6.07) is 8.47. The molecular formula is C16H15NO4S. The van der Waals surface area contributed by atoms with Crippen LogP contribution in [0.5, 0.6) is 0 Å². The van der Waals surface area contributed by atoms with Gasteiger partial charge in [0.05, 0.1) is 10.4 Å². The van der Waals surface area contributed by atoms with Gasteiger partial charge in [0, 0.05) is 0 Å². The second kappa shape index (κ2) is 7.00. The van der Waals surface area contributed by atoms with E-state index in [0.29, 0.717) is 10.4 Å². The molecule has 0 aliphatic rings. The van der Waals surface area contributed by atoms with Crippen LogP contribution >= 0.6 is 11.3 Å². The van der Waals surface area contributed by atoms with Gasteiger partial charge < -0.3 is 4.74 Å². The van der Waals surface area contributed by atoms with Gasteiger partial charge in [0.2, 0.25) is 0 Å². The Hall–Kier alpha value is -2.47. The maximum absolute atomic E-state index is 11.8. The van der Waals surface area contributed by atoms with E-state index in [2.05, 4.69) is 5.32 Å². The van der Waals surface area contributed by atoms with Crippen LogP contribution in [0.25, 0.3) is 0 Å². The molecule has 2 rings (SSSR count). The molecule has 0 fully saturated rings. The highest BCUT2D eigenvalue weighted by atomic mass is 32.1. The summed E-state index contributed by atoms with van der Waals surface area (Å²) in [7, 11) is 0. The highest BCUT2D eigenvalue weighted by Gasteiger charge is 2.14. The minimum Gasteiger partial charge on any atom is -0.452 e. The Morgan fingerprint density at radius 3 is 2.55 bits per heavy atom. The molecule has 0 aliphatic carbocycles. The van der Waals surface area contributed by atoms with Gasteiger partial charge >= 0.3 is 5.97 Å². The van der Waals surface area contributed by atoms with Gasteiger partial charge in [-0.2, -0.15) is 0 Å². The molecule has 0 spiro atoms. The van der Waals surface area contributed by atoms with E-state index in [1.54, 1.807) is 29.6 Å². The lowest BCUT2D eigenvalue weighted by atomic mass is 10.1. The Bertz CT molecular complexity index is 707. The lowest BCUT2D eigenvalue weighted by molar-refractivity contribution is -0.123. The van der Waals surface area contributed by atoms with Crippen LogP contribution in [0.2, 0.25) is 0 Å². The Morgan fingerprint density at radius 1 is 1.14 bits per heavy atom. The van der Waals surface area contributed by atoms with Crippen LogP contribution < -0.4 is 5.32 Å². The van der Waals surface area contributed by atoms with E-state index in [1.165, 1.54) is 11.3 Å². The molecule has 0 bridgehead atoms. The lowest BCUT2D eigenvalue weighted by Crippen LogP contribution is -2.33. The van der Waals surface area contributed by atoms with Gasteiger partial charge in [0.25, 0.3) is 11.8 Å². The lowest BCUT2D eigenvalue weighted by Gasteiger charge is -2.06. The number of thiophene rings is 1. The van der Waals surface area contributed by atoms with Crippen LogP contribution in [0.15, 0.2) is 35.7 Å². The number of aryl methyl sites for hydroxylation is 2. The first-order valence-corrected chi connectivity index (χ1v) is 7.47. The van der Waals surface area contributed by atoms with E-state index < -0.39 is 24.4 Å². The van der Waals surface area contributed by atoms with Gasteiger partial charge in [0.15, 0.2) is 6.61 Å². The molecule has 1 heterocycles. The van der Waals surface area contributed by atoms with Crippen LogP contribution in [0, 0.1) is 13.8 Å². The Morgan fingerprint density at radius 2 is 1.91 bits per heavy atom. The van der Waals surface area contributed by atoms with Crippen LogP contribution in [-0.2, 0) is 9.53 Å². The molecule has 0 saturated carbocycles. The molecule has 2 amide bonds. The van der Waals surface area contributed by atoms with Crippen molar-refractivity contribution in [3.8, 4) is 0 Å². The number of benzene rings is 1. The van der Waals surface area contributed by atoms with Gasteiger partial charge in [-0.3, -0.25) is 14.9 Å². The molecule has 0 saturated heterocycles. The molecule has 1 aromatic heterocycles. The fourth-order valence-electron chi connectivity index (χ4n) is 1.71. The summed E-state index contributed by atoms with van der Waals surface area (Å²) in [5.41, 5.74) is 2.41. The van der Waals surface area contributed by atoms with Crippen molar-refractivity contribution in [1.29, 1.82) is 0 Å². The third-order valence-corrected chi connectivity index (χ3v) is 3.94. The summed E-state index contributed by atoms with van der Waals surface area (Å²) in [6.07, 6.45) is 0. The maximum atomic E-state index is 11.8. The zero-order valence-corrected chi connectivity index (χ0v) is 13.0. The topological polar surface area (TPSA) is 72.5 Å². The molecule has 0 atom stereocenters. The van der Waals surface area contributed by atoms with Crippen molar-refractivity contribution in [3.05, 3.63) is 57.3 Å². The van der Waals surface area contributed by atoms with Gasteiger partial charge in [-0.15, -0.1) is 11.3 Å². The normalized spacial score (nSPS) is 10.1. The summed E-state index contributed by atoms with van der Waals surface area (Å²) >= 11 is 1.23. The van der Waals surface area contributed by atoms with Crippen molar-refractivity contribution in [2.24, 2.45) is 0 Å². The molecule has 1 N–H and O–H groups in total. The second-order valence-electron chi connectivity index (χ2n) is 4.73. The number of esters is 1. The molecule has 6 heteroatoms. The van der Waals surface area contributed by atoms with Crippen LogP contribution in [0.1, 0.15) is 31.2 Å². The quantitative estimate of drug-likeness (QED) is 0.879. The predicted molar refractivity (Wildman–Crippen MR) is 83.0 cm³/mol. The summed E-state index contributed by atoms with van der Waals surface area (Å²) in [5.74, 6) is -1.75. The van der Waals surface area contributed by atoms with Gasteiger partial charge in [-0.1, -0.05) is 12.1 Å². The van der Waals surface area contributed by atoms with Crippen LogP contribution in [-0.4, -0.2) is 24.4 Å². The number of carbonyl (C=O) groups is 3. The summed E-state index contributed by atoms with van der Waals surface area (Å²) in [6.45, 7) is 3.33. The third-order valence-electron chi connectivity index (χ3n) is 3.07. The monoisotopic (exact) mass is 317 g/mol. The Labute approximate surface area is 131 Å². The Balaban J connectivity index is 1.86. The maximum Gasteiger partial charge on any atom is 0.338 e. The van der Waals surface area contributed by atoms with E-state index in [9.17, 15) is 14.4 Å². The number of hydrogen-bond acceptors (Lipinski definition) is 5.